The first kappa shape index (κ1) is 10.3. The van der Waals surface area contributed by atoms with Crippen molar-refractivity contribution in [3.63, 3.8) is 0 Å². The van der Waals surface area contributed by atoms with E-state index in [1.807, 2.05) is 0 Å². The highest BCUT2D eigenvalue weighted by Crippen LogP contribution is 2.23. The van der Waals surface area contributed by atoms with Crippen molar-refractivity contribution in [2.75, 3.05) is 0 Å². The van der Waals surface area contributed by atoms with E-state index in [0.717, 1.165) is 0 Å². The lowest BCUT2D eigenvalue weighted by Crippen LogP contribution is -2.14. The predicted molar refractivity (Wildman–Crippen MR) is 46.8 cm³/mol. The maximum atomic E-state index is 12.0. The summed E-state index contributed by atoms with van der Waals surface area (Å²) in [6.07, 6.45) is -1.34. The van der Waals surface area contributed by atoms with Gasteiger partial charge >= 0.3 is 0 Å². The maximum absolute atomic E-state index is 12.0. The molecule has 72 valence electrons. The van der Waals surface area contributed by atoms with Crippen LogP contribution in [0.4, 0.5) is 8.78 Å². The number of hydrogen-bond acceptors (Lipinski definition) is 2. The van der Waals surface area contributed by atoms with Crippen LogP contribution in [0.25, 0.3) is 0 Å². The molecule has 1 aromatic rings. The fourth-order valence-corrected chi connectivity index (χ4v) is 1.25. The van der Waals surface area contributed by atoms with Crippen molar-refractivity contribution in [2.24, 2.45) is 5.73 Å². The van der Waals surface area contributed by atoms with Crippen LogP contribution in [0.15, 0.2) is 18.3 Å². The lowest BCUT2D eigenvalue weighted by atomic mass is 10.1. The van der Waals surface area contributed by atoms with Gasteiger partial charge in [0.15, 0.2) is 0 Å². The van der Waals surface area contributed by atoms with Gasteiger partial charge in [-0.3, -0.25) is 0 Å². The summed E-state index contributed by atoms with van der Waals surface area (Å²) in [7, 11) is 0. The third-order valence-corrected chi connectivity index (χ3v) is 1.94. The van der Waals surface area contributed by atoms with Gasteiger partial charge in [-0.1, -0.05) is 17.7 Å². The summed E-state index contributed by atoms with van der Waals surface area (Å²) in [6.45, 7) is 0. The van der Waals surface area contributed by atoms with Gasteiger partial charge in [0.25, 0.3) is 0 Å². The second-order valence-electron chi connectivity index (χ2n) is 2.62. The van der Waals surface area contributed by atoms with Gasteiger partial charge in [-0.15, -0.1) is 0 Å². The molecule has 1 aromatic heterocycles. The zero-order valence-electron chi connectivity index (χ0n) is 6.75. The van der Waals surface area contributed by atoms with Crippen molar-refractivity contribution >= 4 is 11.6 Å². The Balaban J connectivity index is 2.76. The Bertz CT molecular complexity index is 281. The van der Waals surface area contributed by atoms with Crippen LogP contribution < -0.4 is 5.73 Å². The average Bonchev–Trinajstić information content (AvgIpc) is 2.03. The second kappa shape index (κ2) is 4.48. The molecule has 0 bridgehead atoms. The number of hydrogen-bond donors (Lipinski definition) is 1. The van der Waals surface area contributed by atoms with E-state index in [9.17, 15) is 8.78 Å². The molecule has 0 aliphatic heterocycles. The first-order valence-corrected chi connectivity index (χ1v) is 4.13. The molecule has 2 N–H and O–H groups in total. The summed E-state index contributed by atoms with van der Waals surface area (Å²) in [5.74, 6) is 0. The van der Waals surface area contributed by atoms with Gasteiger partial charge in [-0.25, -0.2) is 13.8 Å². The molecule has 1 heterocycles. The van der Waals surface area contributed by atoms with E-state index in [-0.39, 0.29) is 5.15 Å². The van der Waals surface area contributed by atoms with Gasteiger partial charge in [0.2, 0.25) is 6.43 Å². The molecule has 0 spiro atoms. The van der Waals surface area contributed by atoms with Crippen molar-refractivity contribution in [3.8, 4) is 0 Å². The molecule has 5 heteroatoms. The van der Waals surface area contributed by atoms with E-state index in [0.29, 0.717) is 5.56 Å². The zero-order chi connectivity index (χ0) is 9.84. The van der Waals surface area contributed by atoms with Crippen LogP contribution in [0, 0.1) is 0 Å². The predicted octanol–water partition coefficient (Wildman–Crippen LogP) is 2.39. The smallest absolute Gasteiger partial charge is 0.240 e. The highest BCUT2D eigenvalue weighted by atomic mass is 35.5. The quantitative estimate of drug-likeness (QED) is 0.772. The van der Waals surface area contributed by atoms with E-state index < -0.39 is 18.9 Å². The molecule has 0 radical (unpaired) electrons. The van der Waals surface area contributed by atoms with E-state index >= 15 is 0 Å². The number of nitrogens with zero attached hydrogens (tertiary/aromatic N) is 1. The van der Waals surface area contributed by atoms with E-state index in [2.05, 4.69) is 4.98 Å². The summed E-state index contributed by atoms with van der Waals surface area (Å²) in [5.41, 5.74) is 5.95. The number of rotatable bonds is 3. The Kier molecular flexibility index (Phi) is 3.57. The number of nitrogens with two attached hydrogens (primary N) is 1. The molecule has 0 saturated heterocycles. The Labute approximate surface area is 79.7 Å². The van der Waals surface area contributed by atoms with E-state index in [1.54, 1.807) is 12.1 Å². The summed E-state index contributed by atoms with van der Waals surface area (Å²) in [6, 6.07) is 2.47. The van der Waals surface area contributed by atoms with Crippen LogP contribution in [-0.4, -0.2) is 11.4 Å². The second-order valence-corrected chi connectivity index (χ2v) is 2.97. The molecule has 13 heavy (non-hydrogen) atoms. The van der Waals surface area contributed by atoms with Crippen LogP contribution in [-0.2, 0) is 0 Å². The molecule has 2 nitrogen and oxygen atoms in total. The first-order chi connectivity index (χ1) is 6.11. The lowest BCUT2D eigenvalue weighted by molar-refractivity contribution is 0.128. The Morgan fingerprint density at radius 1 is 1.54 bits per heavy atom. The summed E-state index contributed by atoms with van der Waals surface area (Å²) in [4.78, 5) is 3.75. The standard InChI is InChI=1S/C8H9ClF2N2/c9-8-5(2-1-3-13-8)6(12)4-7(10)11/h1-3,6-7H,4,12H2/t6-/m0/s1. The van der Waals surface area contributed by atoms with Crippen molar-refractivity contribution < 1.29 is 8.78 Å². The summed E-state index contributed by atoms with van der Waals surface area (Å²) < 4.78 is 23.9. The van der Waals surface area contributed by atoms with Crippen LogP contribution in [0.2, 0.25) is 5.15 Å². The molecule has 0 aromatic carbocycles. The van der Waals surface area contributed by atoms with Gasteiger partial charge < -0.3 is 5.73 Å². The fourth-order valence-electron chi connectivity index (χ4n) is 0.994. The van der Waals surface area contributed by atoms with Crippen molar-refractivity contribution in [2.45, 2.75) is 18.9 Å². The monoisotopic (exact) mass is 206 g/mol. The van der Waals surface area contributed by atoms with Gasteiger partial charge in [0, 0.05) is 24.2 Å². The molecular weight excluding hydrogens is 198 g/mol. The topological polar surface area (TPSA) is 38.9 Å². The van der Waals surface area contributed by atoms with Gasteiger partial charge in [0.05, 0.1) is 0 Å². The Hall–Kier alpha value is -0.740. The van der Waals surface area contributed by atoms with Gasteiger partial charge in [0.1, 0.15) is 5.15 Å². The fraction of sp³-hybridized carbons (Fsp3) is 0.375. The summed E-state index contributed by atoms with van der Waals surface area (Å²) in [5, 5.41) is 0.190. The number of pyridine rings is 1. The normalized spacial score (nSPS) is 13.3. The molecule has 0 fully saturated rings. The number of alkyl halides is 2. The largest absolute Gasteiger partial charge is 0.324 e. The minimum atomic E-state index is -2.42. The molecule has 1 rings (SSSR count). The molecule has 0 unspecified atom stereocenters. The highest BCUT2D eigenvalue weighted by molar-refractivity contribution is 6.30. The number of halogens is 3. The van der Waals surface area contributed by atoms with Crippen LogP contribution >= 0.6 is 11.6 Å². The van der Waals surface area contributed by atoms with Crippen molar-refractivity contribution in [3.05, 3.63) is 29.0 Å². The molecule has 0 amide bonds. The summed E-state index contributed by atoms with van der Waals surface area (Å²) >= 11 is 5.67. The van der Waals surface area contributed by atoms with Crippen LogP contribution in [0.3, 0.4) is 0 Å². The van der Waals surface area contributed by atoms with Crippen molar-refractivity contribution in [1.29, 1.82) is 0 Å². The maximum Gasteiger partial charge on any atom is 0.240 e. The molecular formula is C8H9ClF2N2. The number of aromatic nitrogens is 1. The SMILES string of the molecule is N[C@@H](CC(F)F)c1cccnc1Cl. The minimum Gasteiger partial charge on any atom is -0.324 e. The van der Waals surface area contributed by atoms with Gasteiger partial charge in [-0.05, 0) is 6.07 Å². The molecule has 0 aliphatic carbocycles. The lowest BCUT2D eigenvalue weighted by Gasteiger charge is -2.11. The zero-order valence-corrected chi connectivity index (χ0v) is 7.51. The third-order valence-electron chi connectivity index (χ3n) is 1.62. The first-order valence-electron chi connectivity index (χ1n) is 3.75. The Morgan fingerprint density at radius 3 is 2.77 bits per heavy atom. The molecule has 0 saturated carbocycles. The van der Waals surface area contributed by atoms with E-state index in [1.165, 1.54) is 6.20 Å². The Morgan fingerprint density at radius 2 is 2.23 bits per heavy atom. The minimum absolute atomic E-state index is 0.190. The van der Waals surface area contributed by atoms with Crippen LogP contribution in [0.5, 0.6) is 0 Å². The highest BCUT2D eigenvalue weighted by Gasteiger charge is 2.15. The third kappa shape index (κ3) is 2.90. The average molecular weight is 207 g/mol. The van der Waals surface area contributed by atoms with Crippen molar-refractivity contribution in [1.82, 2.24) is 4.98 Å². The van der Waals surface area contributed by atoms with Gasteiger partial charge in [-0.2, -0.15) is 0 Å². The molecule has 0 aliphatic rings. The van der Waals surface area contributed by atoms with E-state index in [4.69, 9.17) is 17.3 Å². The van der Waals surface area contributed by atoms with Crippen LogP contribution in [0.1, 0.15) is 18.0 Å². The molecule has 1 atom stereocenters.